The van der Waals surface area contributed by atoms with E-state index in [1.165, 1.54) is 12.1 Å². The van der Waals surface area contributed by atoms with Gasteiger partial charge < -0.3 is 11.1 Å². The van der Waals surface area contributed by atoms with E-state index in [1.807, 2.05) is 0 Å². The number of nitrogens with two attached hydrogens (primary N) is 1. The van der Waals surface area contributed by atoms with Crippen LogP contribution in [0.15, 0.2) is 18.2 Å². The van der Waals surface area contributed by atoms with Crippen LogP contribution in [0, 0.1) is 22.0 Å². The number of hydrogen-bond acceptors (Lipinski definition) is 4. The van der Waals surface area contributed by atoms with E-state index in [1.54, 1.807) is 6.07 Å². The van der Waals surface area contributed by atoms with Gasteiger partial charge >= 0.3 is 0 Å². The summed E-state index contributed by atoms with van der Waals surface area (Å²) in [7, 11) is 0. The van der Waals surface area contributed by atoms with Crippen LogP contribution in [0.1, 0.15) is 20.8 Å². The van der Waals surface area contributed by atoms with Gasteiger partial charge in [-0.1, -0.05) is 20.8 Å². The summed E-state index contributed by atoms with van der Waals surface area (Å²) in [5, 5.41) is 13.9. The predicted molar refractivity (Wildman–Crippen MR) is 70.0 cm³/mol. The maximum atomic E-state index is 10.7. The Labute approximate surface area is 101 Å². The van der Waals surface area contributed by atoms with Crippen LogP contribution in [-0.2, 0) is 0 Å². The third-order valence-corrected chi connectivity index (χ3v) is 2.92. The van der Waals surface area contributed by atoms with Crippen molar-refractivity contribution < 1.29 is 4.92 Å². The largest absolute Gasteiger partial charge is 0.398 e. The molecule has 3 N–H and O–H groups in total. The number of non-ortho nitro benzene ring substituents is 1. The molecule has 0 heterocycles. The molecule has 1 aromatic carbocycles. The first-order chi connectivity index (χ1) is 7.90. The molecule has 0 aliphatic carbocycles. The molecule has 0 fully saturated rings. The molecule has 0 amide bonds. The molecule has 17 heavy (non-hydrogen) atoms. The van der Waals surface area contributed by atoms with E-state index in [2.05, 4.69) is 26.1 Å². The molecule has 5 heteroatoms. The highest BCUT2D eigenvalue weighted by Gasteiger charge is 2.10. The molecule has 0 aliphatic heterocycles. The lowest BCUT2D eigenvalue weighted by atomic mass is 9.98. The van der Waals surface area contributed by atoms with Crippen LogP contribution < -0.4 is 11.1 Å². The molecular formula is C12H19N3O2. The molecule has 1 rings (SSSR count). The van der Waals surface area contributed by atoms with Gasteiger partial charge in [-0.3, -0.25) is 10.1 Å². The van der Waals surface area contributed by atoms with Crippen molar-refractivity contribution in [3.8, 4) is 0 Å². The lowest BCUT2D eigenvalue weighted by molar-refractivity contribution is -0.384. The Morgan fingerprint density at radius 1 is 1.35 bits per heavy atom. The molecule has 1 unspecified atom stereocenters. The maximum Gasteiger partial charge on any atom is 0.273 e. The van der Waals surface area contributed by atoms with Gasteiger partial charge in [-0.25, -0.2) is 0 Å². The van der Waals surface area contributed by atoms with Crippen molar-refractivity contribution >= 4 is 17.1 Å². The molecule has 0 saturated carbocycles. The van der Waals surface area contributed by atoms with Gasteiger partial charge in [0.25, 0.3) is 5.69 Å². The minimum Gasteiger partial charge on any atom is -0.398 e. The Morgan fingerprint density at radius 2 is 2.00 bits per heavy atom. The first-order valence-corrected chi connectivity index (χ1v) is 5.69. The topological polar surface area (TPSA) is 81.2 Å². The summed E-state index contributed by atoms with van der Waals surface area (Å²) < 4.78 is 0. The fourth-order valence-electron chi connectivity index (χ4n) is 1.36. The van der Waals surface area contributed by atoms with Crippen molar-refractivity contribution in [2.24, 2.45) is 11.8 Å². The molecule has 94 valence electrons. The zero-order valence-electron chi connectivity index (χ0n) is 10.4. The van der Waals surface area contributed by atoms with Gasteiger partial charge in [0.15, 0.2) is 0 Å². The van der Waals surface area contributed by atoms with Crippen molar-refractivity contribution in [3.05, 3.63) is 28.3 Å². The molecule has 0 saturated heterocycles. The highest BCUT2D eigenvalue weighted by atomic mass is 16.6. The quantitative estimate of drug-likeness (QED) is 0.468. The van der Waals surface area contributed by atoms with Crippen molar-refractivity contribution in [3.63, 3.8) is 0 Å². The van der Waals surface area contributed by atoms with E-state index >= 15 is 0 Å². The number of nitro benzene ring substituents is 1. The summed E-state index contributed by atoms with van der Waals surface area (Å²) in [5.41, 5.74) is 6.74. The average Bonchev–Trinajstić information content (AvgIpc) is 2.24. The zero-order chi connectivity index (χ0) is 13.0. The lowest BCUT2D eigenvalue weighted by Gasteiger charge is -2.17. The minimum atomic E-state index is -0.437. The molecule has 0 spiro atoms. The molecule has 0 radical (unpaired) electrons. The predicted octanol–water partition coefficient (Wildman–Crippen LogP) is 2.88. The molecule has 5 nitrogen and oxygen atoms in total. The van der Waals surface area contributed by atoms with Crippen molar-refractivity contribution in [1.82, 2.24) is 0 Å². The Morgan fingerprint density at radius 3 is 2.53 bits per heavy atom. The summed E-state index contributed by atoms with van der Waals surface area (Å²) in [5.74, 6) is 1.06. The van der Waals surface area contributed by atoms with E-state index in [0.29, 0.717) is 23.2 Å². The third-order valence-electron chi connectivity index (χ3n) is 2.92. The first-order valence-electron chi connectivity index (χ1n) is 5.69. The Hall–Kier alpha value is -1.78. The molecule has 1 aromatic rings. The van der Waals surface area contributed by atoms with Crippen LogP contribution in [0.25, 0.3) is 0 Å². The van der Waals surface area contributed by atoms with Crippen molar-refractivity contribution in [2.45, 2.75) is 20.8 Å². The van der Waals surface area contributed by atoms with Gasteiger partial charge in [-0.05, 0) is 17.9 Å². The van der Waals surface area contributed by atoms with Crippen molar-refractivity contribution in [2.75, 3.05) is 17.6 Å². The van der Waals surface area contributed by atoms with E-state index in [0.717, 1.165) is 6.54 Å². The van der Waals surface area contributed by atoms with Gasteiger partial charge in [-0.2, -0.15) is 0 Å². The number of rotatable bonds is 5. The van der Waals surface area contributed by atoms with Crippen LogP contribution in [0.2, 0.25) is 0 Å². The van der Waals surface area contributed by atoms with Crippen LogP contribution in [0.4, 0.5) is 17.1 Å². The number of nitrogen functional groups attached to an aromatic ring is 1. The maximum absolute atomic E-state index is 10.7. The van der Waals surface area contributed by atoms with E-state index in [9.17, 15) is 10.1 Å². The minimum absolute atomic E-state index is 0.0182. The fraction of sp³-hybridized carbons (Fsp3) is 0.500. The Kier molecular flexibility index (Phi) is 4.31. The SMILES string of the molecule is CC(C)C(C)CNc1cc(N)cc([N+](=O)[O-])c1. The Bertz CT molecular complexity index is 405. The molecule has 0 aromatic heterocycles. The summed E-state index contributed by atoms with van der Waals surface area (Å²) in [6, 6.07) is 4.57. The second-order valence-electron chi connectivity index (χ2n) is 4.67. The van der Waals surface area contributed by atoms with Gasteiger partial charge in [-0.15, -0.1) is 0 Å². The van der Waals surface area contributed by atoms with E-state index in [4.69, 9.17) is 5.73 Å². The average molecular weight is 237 g/mol. The summed E-state index contributed by atoms with van der Waals surface area (Å²) in [6.45, 7) is 7.21. The summed E-state index contributed by atoms with van der Waals surface area (Å²) >= 11 is 0. The monoisotopic (exact) mass is 237 g/mol. The number of anilines is 2. The molecule has 0 bridgehead atoms. The number of benzene rings is 1. The van der Waals surface area contributed by atoms with E-state index in [-0.39, 0.29) is 5.69 Å². The fourth-order valence-corrected chi connectivity index (χ4v) is 1.36. The van der Waals surface area contributed by atoms with Crippen molar-refractivity contribution in [1.29, 1.82) is 0 Å². The van der Waals surface area contributed by atoms with Crippen LogP contribution in [0.5, 0.6) is 0 Å². The highest BCUT2D eigenvalue weighted by molar-refractivity contribution is 5.61. The lowest BCUT2D eigenvalue weighted by Crippen LogP contribution is -2.16. The summed E-state index contributed by atoms with van der Waals surface area (Å²) in [6.07, 6.45) is 0. The smallest absolute Gasteiger partial charge is 0.273 e. The standard InChI is InChI=1S/C12H19N3O2/c1-8(2)9(3)7-14-11-4-10(13)5-12(6-11)15(16)17/h4-6,8-9,14H,7,13H2,1-3H3. The van der Waals surface area contributed by atoms with E-state index < -0.39 is 4.92 Å². The zero-order valence-corrected chi connectivity index (χ0v) is 10.4. The number of nitro groups is 1. The van der Waals surface area contributed by atoms with Crippen LogP contribution in [0.3, 0.4) is 0 Å². The normalized spacial score (nSPS) is 12.5. The number of nitrogens with zero attached hydrogens (tertiary/aromatic N) is 1. The number of nitrogens with one attached hydrogen (secondary N) is 1. The molecule has 0 aliphatic rings. The van der Waals surface area contributed by atoms with Gasteiger partial charge in [0.05, 0.1) is 4.92 Å². The second kappa shape index (κ2) is 5.52. The Balaban J connectivity index is 2.74. The molecule has 1 atom stereocenters. The highest BCUT2D eigenvalue weighted by Crippen LogP contribution is 2.23. The van der Waals surface area contributed by atoms with Gasteiger partial charge in [0, 0.05) is 30.1 Å². The van der Waals surface area contributed by atoms with Crippen LogP contribution >= 0.6 is 0 Å². The third kappa shape index (κ3) is 3.94. The van der Waals surface area contributed by atoms with Gasteiger partial charge in [0.2, 0.25) is 0 Å². The van der Waals surface area contributed by atoms with Crippen LogP contribution in [-0.4, -0.2) is 11.5 Å². The number of hydrogen-bond donors (Lipinski definition) is 2. The molecular weight excluding hydrogens is 218 g/mol. The van der Waals surface area contributed by atoms with Gasteiger partial charge in [0.1, 0.15) is 0 Å². The first kappa shape index (κ1) is 13.3. The summed E-state index contributed by atoms with van der Waals surface area (Å²) in [4.78, 5) is 10.2. The second-order valence-corrected chi connectivity index (χ2v) is 4.67.